The molecule has 0 aromatic heterocycles. The van der Waals surface area contributed by atoms with Crippen LogP contribution in [-0.4, -0.2) is 0 Å². The zero-order chi connectivity index (χ0) is 15.6. The minimum absolute atomic E-state index is 0.0198. The van der Waals surface area contributed by atoms with Crippen molar-refractivity contribution in [2.24, 2.45) is 0 Å². The van der Waals surface area contributed by atoms with Gasteiger partial charge in [0.1, 0.15) is 5.82 Å². The summed E-state index contributed by atoms with van der Waals surface area (Å²) in [5.41, 5.74) is -0.629. The number of nitrogens with zero attached hydrogens (tertiary/aromatic N) is 1. The van der Waals surface area contributed by atoms with Crippen LogP contribution in [0.2, 0.25) is 5.02 Å². The minimum Gasteiger partial charge on any atom is -0.206 e. The monoisotopic (exact) mass is 313 g/mol. The van der Waals surface area contributed by atoms with Gasteiger partial charge in [-0.1, -0.05) is 17.7 Å². The maximum absolute atomic E-state index is 13.9. The fraction of sp³-hybridized carbons (Fsp3) is 0.133. The molecule has 1 nitrogen and oxygen atoms in total. The number of rotatable bonds is 2. The molecule has 0 atom stereocenters. The van der Waals surface area contributed by atoms with Gasteiger partial charge in [0.25, 0.3) is 0 Å². The number of alkyl halides is 3. The average Bonchev–Trinajstić information content (AvgIpc) is 2.41. The van der Waals surface area contributed by atoms with Gasteiger partial charge in [0, 0.05) is 10.6 Å². The highest BCUT2D eigenvalue weighted by Crippen LogP contribution is 2.35. The molecule has 0 spiro atoms. The lowest BCUT2D eigenvalue weighted by Crippen LogP contribution is -2.06. The molecule has 0 heterocycles. The first kappa shape index (κ1) is 15.3. The Hall–Kier alpha value is -2.06. The van der Waals surface area contributed by atoms with Crippen molar-refractivity contribution < 1.29 is 17.6 Å². The van der Waals surface area contributed by atoms with E-state index in [-0.39, 0.29) is 22.6 Å². The molecule has 0 aliphatic rings. The Morgan fingerprint density at radius 2 is 1.76 bits per heavy atom. The highest BCUT2D eigenvalue weighted by molar-refractivity contribution is 6.30. The summed E-state index contributed by atoms with van der Waals surface area (Å²) in [4.78, 5) is 0. The van der Waals surface area contributed by atoms with Crippen LogP contribution in [-0.2, 0) is 12.6 Å². The minimum atomic E-state index is -4.55. The van der Waals surface area contributed by atoms with Gasteiger partial charge in [-0.05, 0) is 41.5 Å². The molecule has 6 heteroatoms. The van der Waals surface area contributed by atoms with Crippen molar-refractivity contribution in [3.8, 4) is 17.2 Å². The first-order valence-electron chi connectivity index (χ1n) is 5.85. The third-order valence-electron chi connectivity index (χ3n) is 2.93. The highest BCUT2D eigenvalue weighted by Gasteiger charge is 2.31. The number of hydrogen-bond acceptors (Lipinski definition) is 1. The largest absolute Gasteiger partial charge is 0.416 e. The summed E-state index contributed by atoms with van der Waals surface area (Å²) in [6, 6.07) is 8.36. The molecule has 2 rings (SSSR count). The Morgan fingerprint density at radius 1 is 1.05 bits per heavy atom. The average molecular weight is 314 g/mol. The van der Waals surface area contributed by atoms with Crippen molar-refractivity contribution in [2.75, 3.05) is 0 Å². The normalized spacial score (nSPS) is 11.2. The van der Waals surface area contributed by atoms with E-state index in [4.69, 9.17) is 16.9 Å². The van der Waals surface area contributed by atoms with Gasteiger partial charge in [-0.25, -0.2) is 4.39 Å². The highest BCUT2D eigenvalue weighted by atomic mass is 35.5. The zero-order valence-electron chi connectivity index (χ0n) is 10.5. The van der Waals surface area contributed by atoms with E-state index in [1.807, 2.05) is 6.07 Å². The summed E-state index contributed by atoms with van der Waals surface area (Å²) in [6.07, 6.45) is -4.67. The third-order valence-corrected chi connectivity index (χ3v) is 3.16. The predicted molar refractivity (Wildman–Crippen MR) is 71.2 cm³/mol. The maximum atomic E-state index is 13.9. The smallest absolute Gasteiger partial charge is 0.206 e. The van der Waals surface area contributed by atoms with E-state index in [1.54, 1.807) is 0 Å². The predicted octanol–water partition coefficient (Wildman–Crippen LogP) is 5.23. The molecule has 0 fully saturated rings. The van der Waals surface area contributed by atoms with E-state index in [0.29, 0.717) is 5.56 Å². The van der Waals surface area contributed by atoms with Gasteiger partial charge in [0.2, 0.25) is 0 Å². The summed E-state index contributed by atoms with van der Waals surface area (Å²) in [5, 5.41) is 8.95. The molecule has 108 valence electrons. The quantitative estimate of drug-likeness (QED) is 0.696. The first-order valence-corrected chi connectivity index (χ1v) is 6.23. The summed E-state index contributed by atoms with van der Waals surface area (Å²) >= 11 is 5.77. The van der Waals surface area contributed by atoms with Crippen LogP contribution in [0.5, 0.6) is 0 Å². The molecular formula is C15H8ClF4N. The van der Waals surface area contributed by atoms with Crippen LogP contribution in [0.1, 0.15) is 11.1 Å². The summed E-state index contributed by atoms with van der Waals surface area (Å²) in [7, 11) is 0. The molecule has 0 saturated carbocycles. The first-order chi connectivity index (χ1) is 9.82. The summed E-state index contributed by atoms with van der Waals surface area (Å²) in [5.74, 6) is -0.696. The number of hydrogen-bond donors (Lipinski definition) is 0. The van der Waals surface area contributed by atoms with Crippen molar-refractivity contribution in [1.82, 2.24) is 0 Å². The van der Waals surface area contributed by atoms with Crippen LogP contribution in [0, 0.1) is 17.1 Å². The van der Waals surface area contributed by atoms with Gasteiger partial charge in [0.05, 0.1) is 18.1 Å². The molecule has 2 aromatic carbocycles. The Labute approximate surface area is 123 Å². The van der Waals surface area contributed by atoms with Gasteiger partial charge >= 0.3 is 6.18 Å². The van der Waals surface area contributed by atoms with Gasteiger partial charge in [-0.3, -0.25) is 0 Å². The Bertz CT molecular complexity index is 717. The third kappa shape index (κ3) is 3.34. The van der Waals surface area contributed by atoms with Crippen LogP contribution in [0.4, 0.5) is 17.6 Å². The van der Waals surface area contributed by atoms with Crippen LogP contribution < -0.4 is 0 Å². The second-order valence-electron chi connectivity index (χ2n) is 4.33. The van der Waals surface area contributed by atoms with E-state index in [9.17, 15) is 17.6 Å². The fourth-order valence-electron chi connectivity index (χ4n) is 1.95. The lowest BCUT2D eigenvalue weighted by Gasteiger charge is -2.13. The van der Waals surface area contributed by atoms with Crippen molar-refractivity contribution in [2.45, 2.75) is 12.6 Å². The Balaban J connectivity index is 2.69. The van der Waals surface area contributed by atoms with E-state index in [0.717, 1.165) is 18.2 Å². The standard InChI is InChI=1S/C15H8ClF4N/c16-11-3-4-14(17)13(8-11)12-7-10(15(18,19)20)2-1-9(12)5-6-21/h1-4,7-8H,5H2. The van der Waals surface area contributed by atoms with E-state index in [1.165, 1.54) is 18.2 Å². The van der Waals surface area contributed by atoms with Crippen molar-refractivity contribution >= 4 is 11.6 Å². The van der Waals surface area contributed by atoms with Gasteiger partial charge in [0.15, 0.2) is 0 Å². The molecule has 0 amide bonds. The fourth-order valence-corrected chi connectivity index (χ4v) is 2.12. The molecule has 21 heavy (non-hydrogen) atoms. The second-order valence-corrected chi connectivity index (χ2v) is 4.77. The number of nitriles is 1. The Kier molecular flexibility index (Phi) is 4.19. The van der Waals surface area contributed by atoms with Crippen molar-refractivity contribution in [1.29, 1.82) is 5.26 Å². The molecule has 0 unspecified atom stereocenters. The molecule has 0 N–H and O–H groups in total. The maximum Gasteiger partial charge on any atom is 0.416 e. The Morgan fingerprint density at radius 3 is 2.38 bits per heavy atom. The molecule has 0 saturated heterocycles. The molecule has 0 radical (unpaired) electrons. The molecule has 0 bridgehead atoms. The SMILES string of the molecule is N#CCc1ccc(C(F)(F)F)cc1-c1cc(Cl)ccc1F. The molecular weight excluding hydrogens is 306 g/mol. The lowest BCUT2D eigenvalue weighted by molar-refractivity contribution is -0.137. The molecule has 0 aliphatic heterocycles. The number of benzene rings is 2. The van der Waals surface area contributed by atoms with Crippen LogP contribution >= 0.6 is 11.6 Å². The second kappa shape index (κ2) is 5.74. The molecule has 2 aromatic rings. The number of halogens is 5. The molecule has 0 aliphatic carbocycles. The zero-order valence-corrected chi connectivity index (χ0v) is 11.3. The van der Waals surface area contributed by atoms with Gasteiger partial charge in [-0.2, -0.15) is 18.4 Å². The van der Waals surface area contributed by atoms with E-state index >= 15 is 0 Å². The van der Waals surface area contributed by atoms with Crippen LogP contribution in [0.15, 0.2) is 36.4 Å². The van der Waals surface area contributed by atoms with Crippen molar-refractivity contribution in [3.63, 3.8) is 0 Å². The van der Waals surface area contributed by atoms with Crippen molar-refractivity contribution in [3.05, 3.63) is 58.4 Å². The van der Waals surface area contributed by atoms with Crippen LogP contribution in [0.25, 0.3) is 11.1 Å². The summed E-state index contributed by atoms with van der Waals surface area (Å²) < 4.78 is 52.3. The van der Waals surface area contributed by atoms with E-state index < -0.39 is 17.6 Å². The topological polar surface area (TPSA) is 23.8 Å². The van der Waals surface area contributed by atoms with E-state index in [2.05, 4.69) is 0 Å². The van der Waals surface area contributed by atoms with Gasteiger partial charge in [-0.15, -0.1) is 0 Å². The van der Waals surface area contributed by atoms with Crippen LogP contribution in [0.3, 0.4) is 0 Å². The summed E-state index contributed by atoms with van der Waals surface area (Å²) in [6.45, 7) is 0. The lowest BCUT2D eigenvalue weighted by atomic mass is 9.95. The van der Waals surface area contributed by atoms with Gasteiger partial charge < -0.3 is 0 Å².